The summed E-state index contributed by atoms with van der Waals surface area (Å²) in [7, 11) is 0. The molecule has 0 fully saturated rings. The third-order valence-electron chi connectivity index (χ3n) is 3.16. The molecule has 1 aromatic carbocycles. The lowest BCUT2D eigenvalue weighted by Gasteiger charge is -2.07. The molecule has 0 saturated carbocycles. The number of nitriles is 1. The zero-order valence-electron chi connectivity index (χ0n) is 10.5. The van der Waals surface area contributed by atoms with E-state index in [2.05, 4.69) is 16.0 Å². The van der Waals surface area contributed by atoms with E-state index in [0.29, 0.717) is 12.1 Å². The van der Waals surface area contributed by atoms with Crippen LogP contribution in [0, 0.1) is 18.3 Å². The lowest BCUT2D eigenvalue weighted by Crippen LogP contribution is -2.04. The van der Waals surface area contributed by atoms with Crippen molar-refractivity contribution < 1.29 is 0 Å². The maximum absolute atomic E-state index is 9.14. The highest BCUT2D eigenvalue weighted by Gasteiger charge is 2.10. The van der Waals surface area contributed by atoms with Gasteiger partial charge in [0.25, 0.3) is 0 Å². The molecule has 4 nitrogen and oxygen atoms in total. The quantitative estimate of drug-likeness (QED) is 0.700. The van der Waals surface area contributed by atoms with E-state index in [1.54, 1.807) is 6.20 Å². The Morgan fingerprint density at radius 3 is 2.89 bits per heavy atom. The van der Waals surface area contributed by atoms with Crippen LogP contribution in [-0.2, 0) is 6.54 Å². The van der Waals surface area contributed by atoms with Gasteiger partial charge in [0.2, 0.25) is 0 Å². The molecule has 0 aliphatic heterocycles. The Bertz CT molecular complexity index is 780. The zero-order valence-corrected chi connectivity index (χ0v) is 10.5. The minimum absolute atomic E-state index is 0.614. The van der Waals surface area contributed by atoms with Gasteiger partial charge in [0.05, 0.1) is 18.2 Å². The highest BCUT2D eigenvalue weighted by Crippen LogP contribution is 2.16. The number of hydrogen-bond acceptors (Lipinski definition) is 3. The average Bonchev–Trinajstić information content (AvgIpc) is 2.76. The fourth-order valence-electron chi connectivity index (χ4n) is 2.20. The minimum Gasteiger partial charge on any atom is -0.308 e. The monoisotopic (exact) mass is 248 g/mol. The van der Waals surface area contributed by atoms with Gasteiger partial charge in [-0.3, -0.25) is 0 Å². The van der Waals surface area contributed by atoms with Crippen LogP contribution in [-0.4, -0.2) is 14.5 Å². The van der Waals surface area contributed by atoms with Gasteiger partial charge in [-0.05, 0) is 30.7 Å². The van der Waals surface area contributed by atoms with Crippen molar-refractivity contribution in [2.24, 2.45) is 0 Å². The maximum Gasteiger partial charge on any atom is 0.160 e. The number of pyridine rings is 1. The lowest BCUT2D eigenvalue weighted by molar-refractivity contribution is 0.776. The summed E-state index contributed by atoms with van der Waals surface area (Å²) in [5, 5.41) is 9.14. The topological polar surface area (TPSA) is 54.5 Å². The Hall–Kier alpha value is -2.67. The SMILES string of the molecule is Cc1nc2cccnc2n1Cc1ccccc1C#N. The summed E-state index contributed by atoms with van der Waals surface area (Å²) >= 11 is 0. The van der Waals surface area contributed by atoms with Crippen LogP contribution in [0.3, 0.4) is 0 Å². The normalized spacial score (nSPS) is 10.5. The molecule has 0 atom stereocenters. The van der Waals surface area contributed by atoms with E-state index in [-0.39, 0.29) is 0 Å². The van der Waals surface area contributed by atoms with Crippen molar-refractivity contribution in [3.63, 3.8) is 0 Å². The molecule has 92 valence electrons. The largest absolute Gasteiger partial charge is 0.308 e. The molecular weight excluding hydrogens is 236 g/mol. The Balaban J connectivity index is 2.11. The number of fused-ring (bicyclic) bond motifs is 1. The first-order valence-electron chi connectivity index (χ1n) is 6.05. The third kappa shape index (κ3) is 1.95. The van der Waals surface area contributed by atoms with E-state index in [1.807, 2.05) is 47.9 Å². The Morgan fingerprint density at radius 2 is 2.05 bits per heavy atom. The van der Waals surface area contributed by atoms with Crippen molar-refractivity contribution in [1.29, 1.82) is 5.26 Å². The highest BCUT2D eigenvalue weighted by atomic mass is 15.1. The van der Waals surface area contributed by atoms with Crippen LogP contribution in [0.1, 0.15) is 17.0 Å². The van der Waals surface area contributed by atoms with Gasteiger partial charge >= 0.3 is 0 Å². The number of nitrogens with zero attached hydrogens (tertiary/aromatic N) is 4. The molecule has 0 saturated heterocycles. The number of imidazole rings is 1. The standard InChI is InChI=1S/C15H12N4/c1-11-18-14-7-4-8-17-15(14)19(11)10-13-6-3-2-5-12(13)9-16/h2-8H,10H2,1H3. The fourth-order valence-corrected chi connectivity index (χ4v) is 2.20. The van der Waals surface area contributed by atoms with Gasteiger partial charge in [0.1, 0.15) is 11.3 Å². The van der Waals surface area contributed by atoms with Gasteiger partial charge in [-0.2, -0.15) is 5.26 Å². The van der Waals surface area contributed by atoms with Gasteiger partial charge in [0.15, 0.2) is 5.65 Å². The maximum atomic E-state index is 9.14. The Morgan fingerprint density at radius 1 is 1.21 bits per heavy atom. The van der Waals surface area contributed by atoms with Gasteiger partial charge in [0, 0.05) is 6.20 Å². The fraction of sp³-hybridized carbons (Fsp3) is 0.133. The molecule has 0 aliphatic carbocycles. The first-order valence-corrected chi connectivity index (χ1v) is 6.05. The molecule has 0 spiro atoms. The van der Waals surface area contributed by atoms with Crippen molar-refractivity contribution in [3.8, 4) is 6.07 Å². The molecule has 0 aliphatic rings. The molecule has 2 aromatic heterocycles. The second kappa shape index (κ2) is 4.54. The summed E-state index contributed by atoms with van der Waals surface area (Å²) in [5.41, 5.74) is 3.42. The summed E-state index contributed by atoms with van der Waals surface area (Å²) in [6.45, 7) is 2.57. The van der Waals surface area contributed by atoms with Crippen LogP contribution in [0.25, 0.3) is 11.2 Å². The van der Waals surface area contributed by atoms with Crippen LogP contribution in [0.15, 0.2) is 42.6 Å². The van der Waals surface area contributed by atoms with Crippen molar-refractivity contribution >= 4 is 11.2 Å². The van der Waals surface area contributed by atoms with E-state index >= 15 is 0 Å². The molecule has 4 heteroatoms. The van der Waals surface area contributed by atoms with Gasteiger partial charge in [-0.1, -0.05) is 18.2 Å². The average molecular weight is 248 g/mol. The van der Waals surface area contributed by atoms with Crippen LogP contribution in [0.4, 0.5) is 0 Å². The predicted molar refractivity (Wildman–Crippen MR) is 72.5 cm³/mol. The van der Waals surface area contributed by atoms with E-state index in [1.165, 1.54) is 0 Å². The van der Waals surface area contributed by atoms with Crippen molar-refractivity contribution in [3.05, 3.63) is 59.5 Å². The highest BCUT2D eigenvalue weighted by molar-refractivity contribution is 5.71. The van der Waals surface area contributed by atoms with Crippen molar-refractivity contribution in [2.75, 3.05) is 0 Å². The van der Waals surface area contributed by atoms with Crippen LogP contribution in [0.2, 0.25) is 0 Å². The Labute approximate surface area is 111 Å². The van der Waals surface area contributed by atoms with E-state index in [4.69, 9.17) is 5.26 Å². The molecule has 0 N–H and O–H groups in total. The van der Waals surface area contributed by atoms with E-state index in [9.17, 15) is 0 Å². The molecule has 0 radical (unpaired) electrons. The molecule has 0 unspecified atom stereocenters. The number of aromatic nitrogens is 3. The van der Waals surface area contributed by atoms with E-state index < -0.39 is 0 Å². The second-order valence-electron chi connectivity index (χ2n) is 4.36. The third-order valence-corrected chi connectivity index (χ3v) is 3.16. The van der Waals surface area contributed by atoms with Crippen molar-refractivity contribution in [1.82, 2.24) is 14.5 Å². The molecule has 3 aromatic rings. The number of hydrogen-bond donors (Lipinski definition) is 0. The summed E-state index contributed by atoms with van der Waals surface area (Å²) in [5.74, 6) is 0.904. The molecule has 0 bridgehead atoms. The predicted octanol–water partition coefficient (Wildman–Crippen LogP) is 2.66. The van der Waals surface area contributed by atoms with Gasteiger partial charge in [-0.25, -0.2) is 9.97 Å². The molecule has 2 heterocycles. The molecule has 3 rings (SSSR count). The van der Waals surface area contributed by atoms with E-state index in [0.717, 1.165) is 22.6 Å². The smallest absolute Gasteiger partial charge is 0.160 e. The minimum atomic E-state index is 0.614. The van der Waals surface area contributed by atoms with Gasteiger partial charge < -0.3 is 4.57 Å². The molecular formula is C15H12N4. The van der Waals surface area contributed by atoms with Crippen LogP contribution >= 0.6 is 0 Å². The molecule has 19 heavy (non-hydrogen) atoms. The zero-order chi connectivity index (χ0) is 13.2. The van der Waals surface area contributed by atoms with Crippen molar-refractivity contribution in [2.45, 2.75) is 13.5 Å². The van der Waals surface area contributed by atoms with Crippen LogP contribution in [0.5, 0.6) is 0 Å². The summed E-state index contributed by atoms with van der Waals surface area (Å²) in [4.78, 5) is 8.85. The number of benzene rings is 1. The second-order valence-corrected chi connectivity index (χ2v) is 4.36. The lowest BCUT2D eigenvalue weighted by atomic mass is 10.1. The Kier molecular flexibility index (Phi) is 2.73. The molecule has 0 amide bonds. The first-order chi connectivity index (χ1) is 9.29. The van der Waals surface area contributed by atoms with Crippen LogP contribution < -0.4 is 0 Å². The summed E-state index contributed by atoms with van der Waals surface area (Å²) < 4.78 is 2.03. The van der Waals surface area contributed by atoms with Gasteiger partial charge in [-0.15, -0.1) is 0 Å². The first kappa shape index (κ1) is 11.4. The summed E-state index contributed by atoms with van der Waals surface area (Å²) in [6, 6.07) is 13.7. The summed E-state index contributed by atoms with van der Waals surface area (Å²) in [6.07, 6.45) is 1.76. The number of aryl methyl sites for hydroxylation is 1. The number of rotatable bonds is 2.